The molecule has 3 aromatic rings. The summed E-state index contributed by atoms with van der Waals surface area (Å²) in [5.41, 5.74) is 0.495. The lowest BCUT2D eigenvalue weighted by Gasteiger charge is -2.23. The van der Waals surface area contributed by atoms with Crippen molar-refractivity contribution < 1.29 is 21.6 Å². The van der Waals surface area contributed by atoms with Crippen molar-refractivity contribution in [2.75, 3.05) is 22.7 Å². The van der Waals surface area contributed by atoms with Gasteiger partial charge in [-0.05, 0) is 55.5 Å². The number of nitrogens with zero attached hydrogens (tertiary/aromatic N) is 1. The quantitative estimate of drug-likeness (QED) is 0.517. The summed E-state index contributed by atoms with van der Waals surface area (Å²) in [6.07, 6.45) is 0. The van der Waals surface area contributed by atoms with Crippen LogP contribution in [-0.2, 0) is 20.0 Å². The van der Waals surface area contributed by atoms with E-state index in [1.54, 1.807) is 43.3 Å². The van der Waals surface area contributed by atoms with Crippen LogP contribution in [0.1, 0.15) is 6.92 Å². The first-order valence-electron chi connectivity index (χ1n) is 9.23. The van der Waals surface area contributed by atoms with Crippen molar-refractivity contribution in [3.8, 4) is 5.75 Å². The van der Waals surface area contributed by atoms with Crippen LogP contribution in [0.5, 0.6) is 5.75 Å². The second-order valence-corrected chi connectivity index (χ2v) is 10.4. The molecule has 0 aliphatic carbocycles. The van der Waals surface area contributed by atoms with Crippen molar-refractivity contribution in [3.63, 3.8) is 0 Å². The third-order valence-electron chi connectivity index (χ3n) is 4.44. The highest BCUT2D eigenvalue weighted by atomic mass is 35.5. The van der Waals surface area contributed by atoms with E-state index in [-0.39, 0.29) is 32.8 Å². The molecule has 0 heterocycles. The average molecular weight is 481 g/mol. The minimum atomic E-state index is -4.03. The summed E-state index contributed by atoms with van der Waals surface area (Å²) in [4.78, 5) is -0.141. The molecule has 0 bridgehead atoms. The highest BCUT2D eigenvalue weighted by Gasteiger charge is 2.26. The topological polar surface area (TPSA) is 92.8 Å². The molecule has 3 aromatic carbocycles. The molecule has 0 saturated heterocycles. The lowest BCUT2D eigenvalue weighted by atomic mass is 10.3. The zero-order valence-corrected chi connectivity index (χ0v) is 19.2. The Bertz CT molecular complexity index is 1280. The standard InChI is InChI=1S/C21H21ClN2O5S2/c1-3-24(17-9-5-4-6-10-17)31(27,28)19-12-13-21(29-2)20(15-19)23-30(25,26)18-11-7-8-16(22)14-18/h4-15,23H,3H2,1-2H3. The molecular formula is C21H21ClN2O5S2. The first-order valence-corrected chi connectivity index (χ1v) is 12.5. The Morgan fingerprint density at radius 3 is 2.23 bits per heavy atom. The maximum Gasteiger partial charge on any atom is 0.264 e. The van der Waals surface area contributed by atoms with Gasteiger partial charge in [-0.3, -0.25) is 9.03 Å². The van der Waals surface area contributed by atoms with Crippen LogP contribution >= 0.6 is 11.6 Å². The molecule has 0 fully saturated rings. The predicted molar refractivity (Wildman–Crippen MR) is 122 cm³/mol. The fourth-order valence-electron chi connectivity index (χ4n) is 2.98. The molecule has 31 heavy (non-hydrogen) atoms. The minimum Gasteiger partial charge on any atom is -0.495 e. The molecule has 0 saturated carbocycles. The number of rotatable bonds is 8. The zero-order valence-electron chi connectivity index (χ0n) is 16.8. The van der Waals surface area contributed by atoms with Crippen LogP contribution in [0.15, 0.2) is 82.6 Å². The highest BCUT2D eigenvalue weighted by Crippen LogP contribution is 2.32. The van der Waals surface area contributed by atoms with Gasteiger partial charge in [0.1, 0.15) is 5.75 Å². The Morgan fingerprint density at radius 2 is 1.61 bits per heavy atom. The largest absolute Gasteiger partial charge is 0.495 e. The van der Waals surface area contributed by atoms with Crippen LogP contribution in [0, 0.1) is 0 Å². The fourth-order valence-corrected chi connectivity index (χ4v) is 5.84. The molecule has 7 nitrogen and oxygen atoms in total. The lowest BCUT2D eigenvalue weighted by molar-refractivity contribution is 0.416. The summed E-state index contributed by atoms with van der Waals surface area (Å²) in [6, 6.07) is 18.4. The van der Waals surface area contributed by atoms with Crippen LogP contribution in [0.2, 0.25) is 5.02 Å². The normalized spacial score (nSPS) is 11.7. The molecule has 0 radical (unpaired) electrons. The van der Waals surface area contributed by atoms with Crippen LogP contribution in [0.3, 0.4) is 0 Å². The minimum absolute atomic E-state index is 0.00679. The number of halogens is 1. The van der Waals surface area contributed by atoms with E-state index in [9.17, 15) is 16.8 Å². The molecule has 0 aromatic heterocycles. The monoisotopic (exact) mass is 480 g/mol. The summed E-state index contributed by atoms with van der Waals surface area (Å²) in [5.74, 6) is 0.173. The predicted octanol–water partition coefficient (Wildman–Crippen LogP) is 4.36. The number of anilines is 2. The molecule has 0 aliphatic heterocycles. The molecule has 10 heteroatoms. The van der Waals surface area contributed by atoms with E-state index >= 15 is 0 Å². The number of hydrogen-bond donors (Lipinski definition) is 1. The SMILES string of the molecule is CCN(c1ccccc1)S(=O)(=O)c1ccc(OC)c(NS(=O)(=O)c2cccc(Cl)c2)c1. The van der Waals surface area contributed by atoms with E-state index < -0.39 is 20.0 Å². The molecule has 0 aliphatic rings. The maximum absolute atomic E-state index is 13.3. The molecule has 0 unspecified atom stereocenters. The Kier molecular flexibility index (Phi) is 6.78. The summed E-state index contributed by atoms with van der Waals surface area (Å²) >= 11 is 5.90. The average Bonchev–Trinajstić information content (AvgIpc) is 2.74. The Hall–Kier alpha value is -2.75. The maximum atomic E-state index is 13.3. The molecule has 0 spiro atoms. The van der Waals surface area contributed by atoms with E-state index in [1.165, 1.54) is 47.8 Å². The molecule has 0 atom stereocenters. The van der Waals surface area contributed by atoms with E-state index in [1.807, 2.05) is 0 Å². The van der Waals surface area contributed by atoms with Gasteiger partial charge in [-0.15, -0.1) is 0 Å². The Morgan fingerprint density at radius 1 is 0.903 bits per heavy atom. The summed E-state index contributed by atoms with van der Waals surface area (Å²) in [6.45, 7) is 1.92. The number of nitrogens with one attached hydrogen (secondary N) is 1. The van der Waals surface area contributed by atoms with Gasteiger partial charge in [0.05, 0.1) is 28.3 Å². The van der Waals surface area contributed by atoms with Crippen LogP contribution < -0.4 is 13.8 Å². The number of sulfonamides is 2. The van der Waals surface area contributed by atoms with Gasteiger partial charge >= 0.3 is 0 Å². The first kappa shape index (κ1) is 22.9. The number of hydrogen-bond acceptors (Lipinski definition) is 5. The van der Waals surface area contributed by atoms with E-state index in [0.717, 1.165) is 0 Å². The third-order valence-corrected chi connectivity index (χ3v) is 7.94. The zero-order chi connectivity index (χ0) is 22.6. The molecule has 0 amide bonds. The smallest absolute Gasteiger partial charge is 0.264 e. The van der Waals surface area contributed by atoms with E-state index in [4.69, 9.17) is 16.3 Å². The van der Waals surface area contributed by atoms with Crippen molar-refractivity contribution in [2.24, 2.45) is 0 Å². The van der Waals surface area contributed by atoms with Crippen LogP contribution in [0.4, 0.5) is 11.4 Å². The number of benzene rings is 3. The van der Waals surface area contributed by atoms with Crippen LogP contribution in [-0.4, -0.2) is 30.5 Å². The number of ether oxygens (including phenoxy) is 1. The van der Waals surface area contributed by atoms with Crippen molar-refractivity contribution in [1.82, 2.24) is 0 Å². The van der Waals surface area contributed by atoms with Crippen molar-refractivity contribution >= 4 is 43.0 Å². The van der Waals surface area contributed by atoms with E-state index in [2.05, 4.69) is 4.72 Å². The molecule has 1 N–H and O–H groups in total. The fraction of sp³-hybridized carbons (Fsp3) is 0.143. The number of methoxy groups -OCH3 is 1. The third kappa shape index (κ3) is 4.95. The Balaban J connectivity index is 2.04. The second kappa shape index (κ2) is 9.17. The van der Waals surface area contributed by atoms with Gasteiger partial charge < -0.3 is 4.74 Å². The van der Waals surface area contributed by atoms with Crippen molar-refractivity contribution in [1.29, 1.82) is 0 Å². The summed E-state index contributed by atoms with van der Waals surface area (Å²) < 4.78 is 61.1. The Labute approximate surface area is 187 Å². The first-order chi connectivity index (χ1) is 14.7. The molecule has 164 valence electrons. The second-order valence-electron chi connectivity index (χ2n) is 6.43. The highest BCUT2D eigenvalue weighted by molar-refractivity contribution is 7.93. The lowest BCUT2D eigenvalue weighted by Crippen LogP contribution is -2.30. The van der Waals surface area contributed by atoms with Gasteiger partial charge in [-0.2, -0.15) is 0 Å². The van der Waals surface area contributed by atoms with Gasteiger partial charge in [-0.1, -0.05) is 35.9 Å². The van der Waals surface area contributed by atoms with E-state index in [0.29, 0.717) is 5.69 Å². The summed E-state index contributed by atoms with van der Waals surface area (Å²) in [7, 11) is -6.62. The summed E-state index contributed by atoms with van der Waals surface area (Å²) in [5, 5.41) is 0.257. The van der Waals surface area contributed by atoms with Gasteiger partial charge in [0.25, 0.3) is 20.0 Å². The van der Waals surface area contributed by atoms with Gasteiger partial charge in [-0.25, -0.2) is 16.8 Å². The van der Waals surface area contributed by atoms with Gasteiger partial charge in [0.2, 0.25) is 0 Å². The van der Waals surface area contributed by atoms with Crippen LogP contribution in [0.25, 0.3) is 0 Å². The molecular weight excluding hydrogens is 460 g/mol. The van der Waals surface area contributed by atoms with Crippen molar-refractivity contribution in [3.05, 3.63) is 77.8 Å². The van der Waals surface area contributed by atoms with Gasteiger partial charge in [0, 0.05) is 11.6 Å². The number of para-hydroxylation sites is 1. The van der Waals surface area contributed by atoms with Crippen molar-refractivity contribution in [2.45, 2.75) is 16.7 Å². The van der Waals surface area contributed by atoms with Gasteiger partial charge in [0.15, 0.2) is 0 Å². The molecule has 3 rings (SSSR count).